The first-order valence-corrected chi connectivity index (χ1v) is 5.14. The number of hydrazine groups is 1. The molecular weight excluding hydrogens is 182 g/mol. The van der Waals surface area contributed by atoms with E-state index >= 15 is 0 Å². The number of nitrogens with zero attached hydrogens (tertiary/aromatic N) is 2. The Morgan fingerprint density at radius 1 is 1.50 bits per heavy atom. The molecule has 1 saturated heterocycles. The Morgan fingerprint density at radius 2 is 2.14 bits per heavy atom. The number of carbonyl (C=O) groups excluding carboxylic acids is 1. The Bertz CT molecular complexity index is 181. The van der Waals surface area contributed by atoms with Crippen LogP contribution in [0.15, 0.2) is 0 Å². The SMILES string of the molecule is CCCCN(N)C(=O)N1CCOCC1. The van der Waals surface area contributed by atoms with Crippen LogP contribution < -0.4 is 5.84 Å². The molecule has 82 valence electrons. The van der Waals surface area contributed by atoms with Gasteiger partial charge in [-0.2, -0.15) is 0 Å². The molecule has 1 rings (SSSR count). The van der Waals surface area contributed by atoms with Crippen LogP contribution in [0.5, 0.6) is 0 Å². The van der Waals surface area contributed by atoms with E-state index in [-0.39, 0.29) is 6.03 Å². The smallest absolute Gasteiger partial charge is 0.334 e. The zero-order valence-corrected chi connectivity index (χ0v) is 8.74. The molecule has 2 N–H and O–H groups in total. The first kappa shape index (κ1) is 11.3. The van der Waals surface area contributed by atoms with Crippen LogP contribution in [-0.4, -0.2) is 48.8 Å². The second-order valence-electron chi connectivity index (χ2n) is 3.43. The number of nitrogens with two attached hydrogens (primary N) is 1. The molecule has 0 spiro atoms. The monoisotopic (exact) mass is 201 g/mol. The van der Waals surface area contributed by atoms with E-state index < -0.39 is 0 Å². The molecule has 1 fully saturated rings. The van der Waals surface area contributed by atoms with E-state index in [9.17, 15) is 4.79 Å². The van der Waals surface area contributed by atoms with Crippen molar-refractivity contribution < 1.29 is 9.53 Å². The van der Waals surface area contributed by atoms with Gasteiger partial charge < -0.3 is 9.64 Å². The number of ether oxygens (including phenoxy) is 1. The highest BCUT2D eigenvalue weighted by Crippen LogP contribution is 2.01. The Morgan fingerprint density at radius 3 is 2.71 bits per heavy atom. The van der Waals surface area contributed by atoms with E-state index in [2.05, 4.69) is 6.92 Å². The van der Waals surface area contributed by atoms with Gasteiger partial charge in [0.2, 0.25) is 0 Å². The van der Waals surface area contributed by atoms with Crippen molar-refractivity contribution in [3.05, 3.63) is 0 Å². The quantitative estimate of drug-likeness (QED) is 0.409. The summed E-state index contributed by atoms with van der Waals surface area (Å²) in [6.45, 7) is 5.25. The number of hydrogen-bond acceptors (Lipinski definition) is 3. The first-order chi connectivity index (χ1) is 6.75. The molecule has 0 aliphatic carbocycles. The predicted molar refractivity (Wildman–Crippen MR) is 53.6 cm³/mol. The summed E-state index contributed by atoms with van der Waals surface area (Å²) in [5, 5.41) is 1.30. The van der Waals surface area contributed by atoms with Crippen LogP contribution in [-0.2, 0) is 4.74 Å². The summed E-state index contributed by atoms with van der Waals surface area (Å²) >= 11 is 0. The molecule has 0 unspecified atom stereocenters. The molecule has 0 aromatic rings. The molecule has 1 aliphatic heterocycles. The van der Waals surface area contributed by atoms with Crippen molar-refractivity contribution in [3.63, 3.8) is 0 Å². The van der Waals surface area contributed by atoms with E-state index in [1.807, 2.05) is 0 Å². The Kier molecular flexibility index (Phi) is 4.69. The Labute approximate surface area is 84.8 Å². The topological polar surface area (TPSA) is 58.8 Å². The highest BCUT2D eigenvalue weighted by molar-refractivity contribution is 5.73. The van der Waals surface area contributed by atoms with Crippen molar-refractivity contribution in [2.24, 2.45) is 5.84 Å². The van der Waals surface area contributed by atoms with Crippen LogP contribution in [0.1, 0.15) is 19.8 Å². The minimum absolute atomic E-state index is 0.0817. The predicted octanol–water partition coefficient (Wildman–Crippen LogP) is 0.414. The number of unbranched alkanes of at least 4 members (excludes halogenated alkanes) is 1. The molecule has 0 atom stereocenters. The Balaban J connectivity index is 2.30. The molecular formula is C9H19N3O2. The molecule has 5 nitrogen and oxygen atoms in total. The van der Waals surface area contributed by atoms with Crippen LogP contribution in [0.2, 0.25) is 0 Å². The van der Waals surface area contributed by atoms with E-state index in [0.717, 1.165) is 12.8 Å². The highest BCUT2D eigenvalue weighted by Gasteiger charge is 2.20. The van der Waals surface area contributed by atoms with E-state index in [1.54, 1.807) is 4.90 Å². The molecule has 0 saturated carbocycles. The van der Waals surface area contributed by atoms with Crippen LogP contribution >= 0.6 is 0 Å². The van der Waals surface area contributed by atoms with Gasteiger partial charge in [-0.25, -0.2) is 10.6 Å². The summed E-state index contributed by atoms with van der Waals surface area (Å²) < 4.78 is 5.16. The number of rotatable bonds is 3. The van der Waals surface area contributed by atoms with Gasteiger partial charge in [-0.15, -0.1) is 0 Å². The van der Waals surface area contributed by atoms with E-state index in [0.29, 0.717) is 32.8 Å². The fraction of sp³-hybridized carbons (Fsp3) is 0.889. The molecule has 2 amide bonds. The number of amides is 2. The average molecular weight is 201 g/mol. The molecule has 5 heteroatoms. The summed E-state index contributed by atoms with van der Waals surface area (Å²) in [6.07, 6.45) is 2.00. The van der Waals surface area contributed by atoms with Crippen molar-refractivity contribution in [1.82, 2.24) is 9.91 Å². The van der Waals surface area contributed by atoms with Gasteiger partial charge >= 0.3 is 6.03 Å². The molecule has 1 aliphatic rings. The highest BCUT2D eigenvalue weighted by atomic mass is 16.5. The maximum atomic E-state index is 11.7. The number of carbonyl (C=O) groups is 1. The minimum Gasteiger partial charge on any atom is -0.378 e. The lowest BCUT2D eigenvalue weighted by Gasteiger charge is -2.30. The molecule has 0 radical (unpaired) electrons. The van der Waals surface area contributed by atoms with Gasteiger partial charge in [0.1, 0.15) is 0 Å². The van der Waals surface area contributed by atoms with Crippen LogP contribution in [0, 0.1) is 0 Å². The van der Waals surface area contributed by atoms with Crippen molar-refractivity contribution >= 4 is 6.03 Å². The lowest BCUT2D eigenvalue weighted by Crippen LogP contribution is -2.51. The van der Waals surface area contributed by atoms with Crippen molar-refractivity contribution in [2.45, 2.75) is 19.8 Å². The lowest BCUT2D eigenvalue weighted by molar-refractivity contribution is 0.0431. The average Bonchev–Trinajstić information content (AvgIpc) is 2.26. The third-order valence-corrected chi connectivity index (χ3v) is 2.28. The molecule has 1 heterocycles. The van der Waals surface area contributed by atoms with Gasteiger partial charge in [-0.3, -0.25) is 5.01 Å². The summed E-state index contributed by atoms with van der Waals surface area (Å²) in [5.41, 5.74) is 0. The third-order valence-electron chi connectivity index (χ3n) is 2.28. The van der Waals surface area contributed by atoms with Crippen LogP contribution in [0.25, 0.3) is 0 Å². The molecule has 0 aromatic heterocycles. The zero-order chi connectivity index (χ0) is 10.4. The lowest BCUT2D eigenvalue weighted by atomic mass is 10.3. The van der Waals surface area contributed by atoms with E-state index in [1.165, 1.54) is 5.01 Å². The maximum Gasteiger partial charge on any atom is 0.334 e. The number of hydrogen-bond donors (Lipinski definition) is 1. The number of urea groups is 1. The maximum absolute atomic E-state index is 11.7. The van der Waals surface area contributed by atoms with Gasteiger partial charge in [0.15, 0.2) is 0 Å². The number of morpholine rings is 1. The van der Waals surface area contributed by atoms with Crippen molar-refractivity contribution in [2.75, 3.05) is 32.8 Å². The largest absolute Gasteiger partial charge is 0.378 e. The zero-order valence-electron chi connectivity index (χ0n) is 8.74. The fourth-order valence-corrected chi connectivity index (χ4v) is 1.36. The van der Waals surface area contributed by atoms with Crippen LogP contribution in [0.4, 0.5) is 4.79 Å². The summed E-state index contributed by atoms with van der Waals surface area (Å²) in [5.74, 6) is 5.64. The fourth-order valence-electron chi connectivity index (χ4n) is 1.36. The normalized spacial score (nSPS) is 16.9. The van der Waals surface area contributed by atoms with Crippen LogP contribution in [0.3, 0.4) is 0 Å². The molecule has 0 bridgehead atoms. The van der Waals surface area contributed by atoms with Gasteiger partial charge in [-0.1, -0.05) is 13.3 Å². The third kappa shape index (κ3) is 3.16. The summed E-state index contributed by atoms with van der Waals surface area (Å²) in [6, 6.07) is -0.0817. The second-order valence-corrected chi connectivity index (χ2v) is 3.43. The minimum atomic E-state index is -0.0817. The molecule has 0 aromatic carbocycles. The standard InChI is InChI=1S/C9H19N3O2/c1-2-3-4-12(10)9(13)11-5-7-14-8-6-11/h2-8,10H2,1H3. The van der Waals surface area contributed by atoms with Gasteiger partial charge in [0.05, 0.1) is 13.2 Å². The molecule has 14 heavy (non-hydrogen) atoms. The van der Waals surface area contributed by atoms with Crippen molar-refractivity contribution in [3.8, 4) is 0 Å². The summed E-state index contributed by atoms with van der Waals surface area (Å²) in [4.78, 5) is 13.4. The van der Waals surface area contributed by atoms with Gasteiger partial charge in [-0.05, 0) is 6.42 Å². The van der Waals surface area contributed by atoms with Gasteiger partial charge in [0, 0.05) is 19.6 Å². The van der Waals surface area contributed by atoms with Crippen molar-refractivity contribution in [1.29, 1.82) is 0 Å². The second kappa shape index (κ2) is 5.82. The Hall–Kier alpha value is -0.810. The summed E-state index contributed by atoms with van der Waals surface area (Å²) in [7, 11) is 0. The first-order valence-electron chi connectivity index (χ1n) is 5.14. The van der Waals surface area contributed by atoms with Gasteiger partial charge in [0.25, 0.3) is 0 Å². The van der Waals surface area contributed by atoms with E-state index in [4.69, 9.17) is 10.6 Å².